The number of hydrogen-bond donors (Lipinski definition) is 0. The Bertz CT molecular complexity index is 704. The third kappa shape index (κ3) is 2.89. The fourth-order valence-electron chi connectivity index (χ4n) is 2.39. The predicted molar refractivity (Wildman–Crippen MR) is 88.2 cm³/mol. The highest BCUT2D eigenvalue weighted by atomic mass is 35.5. The molecule has 21 heavy (non-hydrogen) atoms. The first-order valence-electron chi connectivity index (χ1n) is 6.80. The summed E-state index contributed by atoms with van der Waals surface area (Å²) in [7, 11) is 0. The van der Waals surface area contributed by atoms with E-state index in [1.807, 2.05) is 23.1 Å². The summed E-state index contributed by atoms with van der Waals surface area (Å²) >= 11 is 7.65. The van der Waals surface area contributed by atoms with Crippen LogP contribution in [0.25, 0.3) is 10.2 Å². The highest BCUT2D eigenvalue weighted by Gasteiger charge is 2.23. The number of aromatic nitrogens is 1. The van der Waals surface area contributed by atoms with E-state index in [1.165, 1.54) is 0 Å². The van der Waals surface area contributed by atoms with Gasteiger partial charge in [-0.1, -0.05) is 29.5 Å². The number of halogens is 1. The van der Waals surface area contributed by atoms with E-state index in [0.29, 0.717) is 18.7 Å². The van der Waals surface area contributed by atoms with Gasteiger partial charge in [-0.2, -0.15) is 0 Å². The zero-order valence-electron chi connectivity index (χ0n) is 11.8. The van der Waals surface area contributed by atoms with Crippen molar-refractivity contribution < 1.29 is 4.79 Å². The largest absolute Gasteiger partial charge is 0.345 e. The molecule has 2 heterocycles. The smallest absolute Gasteiger partial charge is 0.249 e. The van der Waals surface area contributed by atoms with E-state index in [-0.39, 0.29) is 5.91 Å². The molecule has 1 fully saturated rings. The Morgan fingerprint density at radius 1 is 1.33 bits per heavy atom. The number of carbonyl (C=O) groups is 1. The van der Waals surface area contributed by atoms with Gasteiger partial charge in [-0.3, -0.25) is 4.79 Å². The maximum absolute atomic E-state index is 11.9. The summed E-state index contributed by atoms with van der Waals surface area (Å²) in [6.07, 6.45) is 0. The number of rotatable bonds is 2. The highest BCUT2D eigenvalue weighted by molar-refractivity contribution is 7.22. The number of anilines is 1. The van der Waals surface area contributed by atoms with Crippen LogP contribution in [0, 0.1) is 0 Å². The van der Waals surface area contributed by atoms with Crippen LogP contribution in [0.2, 0.25) is 5.02 Å². The third-order valence-corrected chi connectivity index (χ3v) is 4.86. The van der Waals surface area contributed by atoms with E-state index in [1.54, 1.807) is 18.3 Å². The Morgan fingerprint density at radius 2 is 2.05 bits per heavy atom. The maximum atomic E-state index is 11.9. The normalized spacial score (nSPS) is 15.5. The van der Waals surface area contributed by atoms with Gasteiger partial charge in [-0.05, 0) is 25.1 Å². The number of carbonyl (C=O) groups excluding carboxylic acids is 1. The van der Waals surface area contributed by atoms with Gasteiger partial charge in [0.2, 0.25) is 5.91 Å². The van der Waals surface area contributed by atoms with Crippen LogP contribution < -0.4 is 4.90 Å². The number of hydrogen-bond acceptors (Lipinski definition) is 4. The zero-order valence-corrected chi connectivity index (χ0v) is 13.4. The minimum absolute atomic E-state index is 0.0470. The average Bonchev–Trinajstić information content (AvgIpc) is 2.89. The highest BCUT2D eigenvalue weighted by Crippen LogP contribution is 2.31. The lowest BCUT2D eigenvalue weighted by molar-refractivity contribution is -0.127. The van der Waals surface area contributed by atoms with Crippen LogP contribution in [0.1, 0.15) is 6.92 Å². The van der Waals surface area contributed by atoms with Gasteiger partial charge in [0.15, 0.2) is 5.13 Å². The van der Waals surface area contributed by atoms with Gasteiger partial charge in [0.1, 0.15) is 0 Å². The van der Waals surface area contributed by atoms with Gasteiger partial charge in [0.25, 0.3) is 0 Å². The number of fused-ring (bicyclic) bond motifs is 1. The molecule has 1 aliphatic heterocycles. The molecule has 4 nitrogen and oxygen atoms in total. The van der Waals surface area contributed by atoms with Gasteiger partial charge < -0.3 is 9.80 Å². The quantitative estimate of drug-likeness (QED) is 0.797. The molecule has 0 atom stereocenters. The van der Waals surface area contributed by atoms with Crippen LogP contribution in [-0.2, 0) is 4.79 Å². The molecule has 0 saturated carbocycles. The number of nitrogens with zero attached hydrogens (tertiary/aromatic N) is 3. The van der Waals surface area contributed by atoms with E-state index in [0.717, 1.165) is 33.5 Å². The molecule has 0 aliphatic carbocycles. The van der Waals surface area contributed by atoms with Crippen LogP contribution in [0.4, 0.5) is 5.13 Å². The number of thiazole rings is 1. The second-order valence-corrected chi connectivity index (χ2v) is 6.61. The Hall–Kier alpha value is -1.59. The van der Waals surface area contributed by atoms with Gasteiger partial charge in [-0.25, -0.2) is 4.98 Å². The summed E-state index contributed by atoms with van der Waals surface area (Å²) in [5.41, 5.74) is 1.57. The predicted octanol–water partition coefficient (Wildman–Crippen LogP) is 3.17. The maximum Gasteiger partial charge on any atom is 0.249 e. The minimum Gasteiger partial charge on any atom is -0.345 e. The molecule has 3 rings (SSSR count). The standard InChI is InChI=1S/C15H16ClN3OS/c1-10(2)14(20)18-5-7-19(8-6-18)15-17-12-4-3-11(16)9-13(12)21-15/h3-4,9H,1,5-8H2,2H3. The number of amides is 1. The first-order valence-corrected chi connectivity index (χ1v) is 8.00. The molecule has 0 spiro atoms. The van der Waals surface area contributed by atoms with Crippen molar-refractivity contribution in [3.8, 4) is 0 Å². The van der Waals surface area contributed by atoms with Gasteiger partial charge >= 0.3 is 0 Å². The van der Waals surface area contributed by atoms with E-state index in [2.05, 4.69) is 16.5 Å². The molecule has 1 aliphatic rings. The average molecular weight is 322 g/mol. The van der Waals surface area contributed by atoms with Crippen LogP contribution in [0.15, 0.2) is 30.4 Å². The molecule has 0 N–H and O–H groups in total. The van der Waals surface area contributed by atoms with Crippen LogP contribution in [0.5, 0.6) is 0 Å². The second kappa shape index (κ2) is 5.66. The van der Waals surface area contributed by atoms with Gasteiger partial charge in [0.05, 0.1) is 10.2 Å². The minimum atomic E-state index is 0.0470. The summed E-state index contributed by atoms with van der Waals surface area (Å²) in [5, 5.41) is 1.73. The van der Waals surface area contributed by atoms with E-state index >= 15 is 0 Å². The topological polar surface area (TPSA) is 36.4 Å². The van der Waals surface area contributed by atoms with Gasteiger partial charge in [-0.15, -0.1) is 0 Å². The van der Waals surface area contributed by atoms with E-state index < -0.39 is 0 Å². The van der Waals surface area contributed by atoms with Crippen molar-refractivity contribution in [3.63, 3.8) is 0 Å². The molecular formula is C15H16ClN3OS. The summed E-state index contributed by atoms with van der Waals surface area (Å²) < 4.78 is 1.10. The van der Waals surface area contributed by atoms with Gasteiger partial charge in [0, 0.05) is 36.8 Å². The first kappa shape index (κ1) is 14.4. The van der Waals surface area contributed by atoms with Crippen molar-refractivity contribution in [2.45, 2.75) is 6.92 Å². The Morgan fingerprint density at radius 3 is 2.71 bits per heavy atom. The van der Waals surface area contributed by atoms with Crippen LogP contribution in [-0.4, -0.2) is 42.0 Å². The Labute approximate surface area is 132 Å². The lowest BCUT2D eigenvalue weighted by atomic mass is 10.2. The first-order chi connectivity index (χ1) is 10.0. The third-order valence-electron chi connectivity index (χ3n) is 3.54. The summed E-state index contributed by atoms with van der Waals surface area (Å²) in [6, 6.07) is 5.74. The molecule has 2 aromatic rings. The molecule has 1 aromatic heterocycles. The molecule has 1 amide bonds. The molecule has 1 aromatic carbocycles. The molecule has 1 saturated heterocycles. The number of piperazine rings is 1. The SMILES string of the molecule is C=C(C)C(=O)N1CCN(c2nc3ccc(Cl)cc3s2)CC1. The molecule has 0 radical (unpaired) electrons. The lowest BCUT2D eigenvalue weighted by Crippen LogP contribution is -2.48. The Kier molecular flexibility index (Phi) is 3.87. The second-order valence-electron chi connectivity index (χ2n) is 5.17. The van der Waals surface area contributed by atoms with Crippen molar-refractivity contribution in [1.82, 2.24) is 9.88 Å². The molecule has 0 bridgehead atoms. The monoisotopic (exact) mass is 321 g/mol. The molecular weight excluding hydrogens is 306 g/mol. The Balaban J connectivity index is 1.73. The number of benzene rings is 1. The van der Waals surface area contributed by atoms with Crippen molar-refractivity contribution in [2.75, 3.05) is 31.1 Å². The molecule has 0 unspecified atom stereocenters. The van der Waals surface area contributed by atoms with Crippen molar-refractivity contribution in [1.29, 1.82) is 0 Å². The van der Waals surface area contributed by atoms with E-state index in [9.17, 15) is 4.79 Å². The van der Waals surface area contributed by atoms with Crippen molar-refractivity contribution in [2.24, 2.45) is 0 Å². The zero-order chi connectivity index (χ0) is 15.0. The van der Waals surface area contributed by atoms with Crippen molar-refractivity contribution in [3.05, 3.63) is 35.4 Å². The fraction of sp³-hybridized carbons (Fsp3) is 0.333. The van der Waals surface area contributed by atoms with E-state index in [4.69, 9.17) is 11.6 Å². The lowest BCUT2D eigenvalue weighted by Gasteiger charge is -2.34. The summed E-state index contributed by atoms with van der Waals surface area (Å²) in [4.78, 5) is 20.6. The van der Waals surface area contributed by atoms with Crippen molar-refractivity contribution >= 4 is 44.2 Å². The molecule has 110 valence electrons. The molecule has 6 heteroatoms. The summed E-state index contributed by atoms with van der Waals surface area (Å²) in [5.74, 6) is 0.0470. The van der Waals surface area contributed by atoms with Crippen LogP contribution >= 0.6 is 22.9 Å². The summed E-state index contributed by atoms with van der Waals surface area (Å²) in [6.45, 7) is 8.49. The fourth-order valence-corrected chi connectivity index (χ4v) is 3.69. The van der Waals surface area contributed by atoms with Crippen LogP contribution in [0.3, 0.4) is 0 Å².